The molecule has 4 amide bonds. The first-order valence-electron chi connectivity index (χ1n) is 13.8. The Morgan fingerprint density at radius 3 is 2.21 bits per heavy atom. The van der Waals surface area contributed by atoms with Crippen LogP contribution in [0.1, 0.15) is 66.2 Å². The minimum absolute atomic E-state index is 0.280. The first-order chi connectivity index (χ1) is 17.9. The lowest BCUT2D eigenvalue weighted by molar-refractivity contribution is -0.150. The van der Waals surface area contributed by atoms with Crippen molar-refractivity contribution in [1.82, 2.24) is 15.1 Å². The van der Waals surface area contributed by atoms with Crippen LogP contribution in [0, 0.1) is 0 Å². The molecule has 0 radical (unpaired) electrons. The number of fused-ring (bicyclic) bond motifs is 2. The Bertz CT molecular complexity index is 869. The summed E-state index contributed by atoms with van der Waals surface area (Å²) >= 11 is 0. The Kier molecular flexibility index (Phi) is 10.5. The van der Waals surface area contributed by atoms with E-state index in [1.807, 2.05) is 13.8 Å². The summed E-state index contributed by atoms with van der Waals surface area (Å²) < 4.78 is 17.7. The van der Waals surface area contributed by atoms with Crippen LogP contribution in [-0.4, -0.2) is 108 Å². The predicted octanol–water partition coefficient (Wildman–Crippen LogP) is -0.335. The van der Waals surface area contributed by atoms with Crippen molar-refractivity contribution in [3.63, 3.8) is 0 Å². The maximum atomic E-state index is 13.6. The molecule has 6 unspecified atom stereocenters. The lowest BCUT2D eigenvalue weighted by Crippen LogP contribution is -2.59. The fourth-order valence-electron chi connectivity index (χ4n) is 5.43. The molecule has 3 rings (SSSR count). The number of primary amides is 1. The third kappa shape index (κ3) is 7.43. The zero-order valence-corrected chi connectivity index (χ0v) is 23.1. The van der Waals surface area contributed by atoms with Crippen molar-refractivity contribution in [2.24, 2.45) is 11.5 Å². The number of carbonyl (C=O) groups is 4. The van der Waals surface area contributed by atoms with Gasteiger partial charge >= 0.3 is 0 Å². The second-order valence-electron chi connectivity index (χ2n) is 11.2. The standard InChI is InChI=1S/C26H45N5O7/c1-16-20(27)25(35)31-12-6-9-19(31)24(34)30-11-5-8-18(30)23(33)29-21(22(28)32)17(2)37-14-7-13-36-15-10-26(3,4)38-16/h16-21H,5-15,27H2,1-4H3,(H2,28,32)(H,29,33). The van der Waals surface area contributed by atoms with E-state index in [2.05, 4.69) is 5.32 Å². The quantitative estimate of drug-likeness (QED) is 0.407. The molecule has 6 atom stereocenters. The molecule has 0 bridgehead atoms. The highest BCUT2D eigenvalue weighted by atomic mass is 16.5. The van der Waals surface area contributed by atoms with Crippen molar-refractivity contribution in [3.05, 3.63) is 0 Å². The Hall–Kier alpha value is -2.28. The summed E-state index contributed by atoms with van der Waals surface area (Å²) in [6.07, 6.45) is 2.19. The number of rotatable bonds is 1. The van der Waals surface area contributed by atoms with Gasteiger partial charge in [-0.15, -0.1) is 0 Å². The van der Waals surface area contributed by atoms with Gasteiger partial charge in [-0.2, -0.15) is 0 Å². The second kappa shape index (κ2) is 13.2. The molecule has 0 spiro atoms. The summed E-state index contributed by atoms with van der Waals surface area (Å²) in [4.78, 5) is 55.5. The van der Waals surface area contributed by atoms with E-state index in [4.69, 9.17) is 25.7 Å². The number of nitrogens with two attached hydrogens (primary N) is 2. The van der Waals surface area contributed by atoms with Gasteiger partial charge in [-0.05, 0) is 66.2 Å². The van der Waals surface area contributed by atoms with Crippen LogP contribution < -0.4 is 16.8 Å². The van der Waals surface area contributed by atoms with Gasteiger partial charge in [0.25, 0.3) is 0 Å². The third-order valence-electron chi connectivity index (χ3n) is 7.69. The summed E-state index contributed by atoms with van der Waals surface area (Å²) in [6, 6.07) is -3.44. The number of hydrogen-bond donors (Lipinski definition) is 3. The van der Waals surface area contributed by atoms with Crippen LogP contribution in [0.2, 0.25) is 0 Å². The second-order valence-corrected chi connectivity index (χ2v) is 11.2. The molecular formula is C26H45N5O7. The minimum Gasteiger partial charge on any atom is -0.381 e. The maximum Gasteiger partial charge on any atom is 0.246 e. The van der Waals surface area contributed by atoms with Gasteiger partial charge < -0.3 is 40.8 Å². The van der Waals surface area contributed by atoms with Crippen molar-refractivity contribution >= 4 is 23.6 Å². The number of amides is 4. The van der Waals surface area contributed by atoms with Crippen LogP contribution >= 0.6 is 0 Å². The zero-order chi connectivity index (χ0) is 28.0. The highest BCUT2D eigenvalue weighted by molar-refractivity contribution is 5.95. The number of hydrogen-bond acceptors (Lipinski definition) is 8. The molecule has 0 aliphatic carbocycles. The average Bonchev–Trinajstić information content (AvgIpc) is 3.54. The summed E-state index contributed by atoms with van der Waals surface area (Å²) in [6.45, 7) is 9.30. The van der Waals surface area contributed by atoms with E-state index in [0.29, 0.717) is 71.4 Å². The Labute approximate surface area is 225 Å². The fourth-order valence-corrected chi connectivity index (χ4v) is 5.43. The van der Waals surface area contributed by atoms with E-state index >= 15 is 0 Å². The monoisotopic (exact) mass is 539 g/mol. The first-order valence-corrected chi connectivity index (χ1v) is 13.8. The lowest BCUT2D eigenvalue weighted by Gasteiger charge is -2.35. The largest absolute Gasteiger partial charge is 0.381 e. The van der Waals surface area contributed by atoms with Gasteiger partial charge in [0.1, 0.15) is 24.2 Å². The van der Waals surface area contributed by atoms with Crippen LogP contribution in [0.15, 0.2) is 0 Å². The normalized spacial score (nSPS) is 34.7. The topological polar surface area (TPSA) is 167 Å². The van der Waals surface area contributed by atoms with Crippen molar-refractivity contribution in [3.8, 4) is 0 Å². The summed E-state index contributed by atoms with van der Waals surface area (Å²) in [5.74, 6) is -1.79. The van der Waals surface area contributed by atoms with Gasteiger partial charge in [-0.1, -0.05) is 0 Å². The molecule has 12 heteroatoms. The Balaban J connectivity index is 1.82. The molecule has 5 N–H and O–H groups in total. The minimum atomic E-state index is -1.04. The maximum absolute atomic E-state index is 13.6. The predicted molar refractivity (Wildman–Crippen MR) is 139 cm³/mol. The molecular weight excluding hydrogens is 494 g/mol. The van der Waals surface area contributed by atoms with Crippen LogP contribution in [0.25, 0.3) is 0 Å². The number of nitrogens with zero attached hydrogens (tertiary/aromatic N) is 2. The van der Waals surface area contributed by atoms with E-state index in [1.54, 1.807) is 13.8 Å². The molecule has 3 heterocycles. The highest BCUT2D eigenvalue weighted by Gasteiger charge is 2.44. The summed E-state index contributed by atoms with van der Waals surface area (Å²) in [7, 11) is 0. The van der Waals surface area contributed by atoms with Crippen molar-refractivity contribution in [1.29, 1.82) is 0 Å². The smallest absolute Gasteiger partial charge is 0.246 e. The molecule has 0 aromatic rings. The molecule has 0 saturated carbocycles. The van der Waals surface area contributed by atoms with Gasteiger partial charge in [0.15, 0.2) is 0 Å². The highest BCUT2D eigenvalue weighted by Crippen LogP contribution is 2.27. The summed E-state index contributed by atoms with van der Waals surface area (Å²) in [5, 5.41) is 2.70. The van der Waals surface area contributed by atoms with Gasteiger partial charge in [-0.3, -0.25) is 19.2 Å². The van der Waals surface area contributed by atoms with Gasteiger partial charge in [0, 0.05) is 32.9 Å². The van der Waals surface area contributed by atoms with E-state index in [9.17, 15) is 19.2 Å². The molecule has 0 aromatic carbocycles. The van der Waals surface area contributed by atoms with Gasteiger partial charge in [-0.25, -0.2) is 0 Å². The Morgan fingerprint density at radius 2 is 1.55 bits per heavy atom. The number of carbonyl (C=O) groups excluding carboxylic acids is 4. The molecule has 3 fully saturated rings. The van der Waals surface area contributed by atoms with Gasteiger partial charge in [0.2, 0.25) is 23.6 Å². The molecule has 3 aliphatic heterocycles. The molecule has 3 saturated heterocycles. The van der Waals surface area contributed by atoms with Crippen LogP contribution in [0.4, 0.5) is 0 Å². The van der Waals surface area contributed by atoms with Crippen LogP contribution in [-0.2, 0) is 33.4 Å². The van der Waals surface area contributed by atoms with E-state index < -0.39 is 53.8 Å². The van der Waals surface area contributed by atoms with Gasteiger partial charge in [0.05, 0.1) is 17.8 Å². The molecule has 3 aliphatic rings. The van der Waals surface area contributed by atoms with Crippen molar-refractivity contribution in [2.75, 3.05) is 32.9 Å². The molecule has 12 nitrogen and oxygen atoms in total. The Morgan fingerprint density at radius 1 is 0.921 bits per heavy atom. The van der Waals surface area contributed by atoms with Crippen LogP contribution in [0.3, 0.4) is 0 Å². The molecule has 0 aromatic heterocycles. The van der Waals surface area contributed by atoms with E-state index in [0.717, 1.165) is 0 Å². The summed E-state index contributed by atoms with van der Waals surface area (Å²) in [5.41, 5.74) is 11.3. The zero-order valence-electron chi connectivity index (χ0n) is 23.1. The van der Waals surface area contributed by atoms with Crippen molar-refractivity contribution < 1.29 is 33.4 Å². The van der Waals surface area contributed by atoms with Crippen LogP contribution in [0.5, 0.6) is 0 Å². The third-order valence-corrected chi connectivity index (χ3v) is 7.69. The number of nitrogens with one attached hydrogen (secondary N) is 1. The fraction of sp³-hybridized carbons (Fsp3) is 0.846. The average molecular weight is 540 g/mol. The number of ether oxygens (including phenoxy) is 3. The van der Waals surface area contributed by atoms with Crippen molar-refractivity contribution in [2.45, 2.75) is 108 Å². The lowest BCUT2D eigenvalue weighted by atomic mass is 10.0. The molecule has 216 valence electrons. The van der Waals surface area contributed by atoms with E-state index in [1.165, 1.54) is 9.80 Å². The first kappa shape index (κ1) is 30.3. The molecule has 38 heavy (non-hydrogen) atoms. The van der Waals surface area contributed by atoms with E-state index in [-0.39, 0.29) is 11.8 Å². The SMILES string of the molecule is CC1OC(C)(C)CCOCCCOC(C)C(C(N)=O)NC(=O)C2CCCN2C(=O)C2CCCN2C(=O)C1N.